The number of anilines is 1. The Kier molecular flexibility index (Phi) is 6.06. The molecular weight excluding hydrogens is 420 g/mol. The van der Waals surface area contributed by atoms with Crippen molar-refractivity contribution in [2.45, 2.75) is 42.9 Å². The van der Waals surface area contributed by atoms with Gasteiger partial charge in [-0.15, -0.1) is 11.3 Å². The zero-order chi connectivity index (χ0) is 21.3. The van der Waals surface area contributed by atoms with Crippen molar-refractivity contribution in [2.75, 3.05) is 18.0 Å². The van der Waals surface area contributed by atoms with Gasteiger partial charge in [-0.3, -0.25) is 9.10 Å². The molecule has 1 N–H and O–H groups in total. The third-order valence-corrected chi connectivity index (χ3v) is 9.64. The molecule has 6 nitrogen and oxygen atoms in total. The van der Waals surface area contributed by atoms with Gasteiger partial charge in [0.2, 0.25) is 5.91 Å². The van der Waals surface area contributed by atoms with Gasteiger partial charge in [0, 0.05) is 6.04 Å². The van der Waals surface area contributed by atoms with Gasteiger partial charge in [-0.1, -0.05) is 24.6 Å². The number of thiophene rings is 1. The molecule has 4 rings (SSSR count). The summed E-state index contributed by atoms with van der Waals surface area (Å²) >= 11 is 1.13. The van der Waals surface area contributed by atoms with Crippen LogP contribution in [-0.2, 0) is 14.8 Å². The van der Waals surface area contributed by atoms with E-state index in [4.69, 9.17) is 4.74 Å². The SMILES string of the molecule is COc1ccccc1N(CC(=O)N[C@H](C)[C@H]1C[C@H]2CC[C@H]1C2)S(=O)(=O)c1cccs1. The first-order valence-corrected chi connectivity index (χ1v) is 12.7. The molecule has 0 unspecified atom stereocenters. The number of ether oxygens (including phenoxy) is 1. The zero-order valence-corrected chi connectivity index (χ0v) is 18.9. The molecule has 0 radical (unpaired) electrons. The van der Waals surface area contributed by atoms with Gasteiger partial charge >= 0.3 is 0 Å². The van der Waals surface area contributed by atoms with Crippen molar-refractivity contribution in [3.8, 4) is 5.75 Å². The molecule has 4 atom stereocenters. The molecule has 1 amide bonds. The minimum absolute atomic E-state index is 0.0387. The van der Waals surface area contributed by atoms with E-state index >= 15 is 0 Å². The molecule has 162 valence electrons. The van der Waals surface area contributed by atoms with E-state index in [-0.39, 0.29) is 22.7 Å². The summed E-state index contributed by atoms with van der Waals surface area (Å²) in [5, 5.41) is 4.79. The monoisotopic (exact) mass is 448 g/mol. The molecule has 1 aromatic carbocycles. The van der Waals surface area contributed by atoms with Crippen molar-refractivity contribution in [3.05, 3.63) is 41.8 Å². The number of methoxy groups -OCH3 is 1. The maximum absolute atomic E-state index is 13.3. The summed E-state index contributed by atoms with van der Waals surface area (Å²) < 4.78 is 33.4. The maximum Gasteiger partial charge on any atom is 0.274 e. The van der Waals surface area contributed by atoms with Crippen molar-refractivity contribution in [3.63, 3.8) is 0 Å². The number of hydrogen-bond acceptors (Lipinski definition) is 5. The van der Waals surface area contributed by atoms with E-state index in [2.05, 4.69) is 5.32 Å². The van der Waals surface area contributed by atoms with Crippen molar-refractivity contribution in [1.82, 2.24) is 5.32 Å². The Balaban J connectivity index is 1.56. The summed E-state index contributed by atoms with van der Waals surface area (Å²) in [6, 6.07) is 10.2. The molecule has 0 saturated heterocycles. The largest absolute Gasteiger partial charge is 0.495 e. The predicted octanol–water partition coefficient (Wildman–Crippen LogP) is 3.89. The number of para-hydroxylation sites is 2. The van der Waals surface area contributed by atoms with Gasteiger partial charge in [0.1, 0.15) is 16.5 Å². The Morgan fingerprint density at radius 1 is 1.23 bits per heavy atom. The quantitative estimate of drug-likeness (QED) is 0.665. The Morgan fingerprint density at radius 2 is 2.03 bits per heavy atom. The number of amides is 1. The number of fused-ring (bicyclic) bond motifs is 2. The van der Waals surface area contributed by atoms with Crippen LogP contribution in [0.3, 0.4) is 0 Å². The van der Waals surface area contributed by atoms with Crippen LogP contribution < -0.4 is 14.4 Å². The number of carbonyl (C=O) groups is 1. The first kappa shape index (κ1) is 21.2. The third kappa shape index (κ3) is 4.07. The van der Waals surface area contributed by atoms with Crippen LogP contribution in [0.5, 0.6) is 5.75 Å². The minimum Gasteiger partial charge on any atom is -0.495 e. The van der Waals surface area contributed by atoms with E-state index in [0.29, 0.717) is 23.3 Å². The standard InChI is InChI=1S/C22H28N2O4S2/c1-15(18-13-16-9-10-17(18)12-16)23-21(25)14-24(19-6-3-4-7-20(19)28-2)30(26,27)22-8-5-11-29-22/h3-8,11,15-18H,9-10,12-14H2,1-2H3,(H,23,25)/t15-,16+,17+,18-/m1/s1. The van der Waals surface area contributed by atoms with Crippen molar-refractivity contribution in [1.29, 1.82) is 0 Å². The molecule has 2 saturated carbocycles. The first-order chi connectivity index (χ1) is 14.4. The highest BCUT2D eigenvalue weighted by molar-refractivity contribution is 7.94. The van der Waals surface area contributed by atoms with Crippen LogP contribution in [0, 0.1) is 17.8 Å². The van der Waals surface area contributed by atoms with Crippen LogP contribution in [-0.4, -0.2) is 34.0 Å². The summed E-state index contributed by atoms with van der Waals surface area (Å²) in [4.78, 5) is 13.0. The van der Waals surface area contributed by atoms with Crippen LogP contribution in [0.4, 0.5) is 5.69 Å². The summed E-state index contributed by atoms with van der Waals surface area (Å²) in [6.07, 6.45) is 4.99. The summed E-state index contributed by atoms with van der Waals surface area (Å²) in [7, 11) is -2.40. The average molecular weight is 449 g/mol. The van der Waals surface area contributed by atoms with E-state index in [1.807, 2.05) is 6.92 Å². The smallest absolute Gasteiger partial charge is 0.274 e. The summed E-state index contributed by atoms with van der Waals surface area (Å²) in [5.41, 5.74) is 0.358. The van der Waals surface area contributed by atoms with Crippen molar-refractivity contribution < 1.29 is 17.9 Å². The van der Waals surface area contributed by atoms with Crippen LogP contribution in [0.15, 0.2) is 46.0 Å². The molecule has 0 spiro atoms. The lowest BCUT2D eigenvalue weighted by molar-refractivity contribution is -0.120. The Morgan fingerprint density at radius 3 is 2.67 bits per heavy atom. The zero-order valence-electron chi connectivity index (χ0n) is 17.3. The fraction of sp³-hybridized carbons (Fsp3) is 0.500. The lowest BCUT2D eigenvalue weighted by Crippen LogP contribution is -2.46. The molecule has 2 aromatic rings. The number of carbonyl (C=O) groups excluding carboxylic acids is 1. The third-order valence-electron chi connectivity index (χ3n) is 6.50. The van der Waals surface area contributed by atoms with E-state index in [0.717, 1.165) is 28.0 Å². The molecule has 1 heterocycles. The average Bonchev–Trinajstić information content (AvgIpc) is 3.50. The van der Waals surface area contributed by atoms with Gasteiger partial charge in [0.25, 0.3) is 10.0 Å². The molecule has 2 aliphatic carbocycles. The maximum atomic E-state index is 13.3. The molecule has 2 fully saturated rings. The molecule has 8 heteroatoms. The Hall–Kier alpha value is -2.06. The number of benzene rings is 1. The number of rotatable bonds is 8. The van der Waals surface area contributed by atoms with Crippen LogP contribution in [0.25, 0.3) is 0 Å². The van der Waals surface area contributed by atoms with Crippen molar-refractivity contribution >= 4 is 33.0 Å². The highest BCUT2D eigenvalue weighted by Crippen LogP contribution is 2.49. The molecule has 2 bridgehead atoms. The van der Waals surface area contributed by atoms with Crippen molar-refractivity contribution in [2.24, 2.45) is 17.8 Å². The van der Waals surface area contributed by atoms with Crippen LogP contribution >= 0.6 is 11.3 Å². The normalized spacial score (nSPS) is 23.9. The van der Waals surface area contributed by atoms with E-state index in [9.17, 15) is 13.2 Å². The van der Waals surface area contributed by atoms with Gasteiger partial charge in [0.15, 0.2) is 0 Å². The molecule has 1 aromatic heterocycles. The second-order valence-electron chi connectivity index (χ2n) is 8.31. The van der Waals surface area contributed by atoms with Gasteiger partial charge in [-0.05, 0) is 67.5 Å². The van der Waals surface area contributed by atoms with Crippen LogP contribution in [0.2, 0.25) is 0 Å². The molecule has 2 aliphatic rings. The van der Waals surface area contributed by atoms with E-state index in [1.54, 1.807) is 41.8 Å². The van der Waals surface area contributed by atoms with Gasteiger partial charge in [-0.2, -0.15) is 0 Å². The second-order valence-corrected chi connectivity index (χ2v) is 11.3. The number of nitrogens with one attached hydrogen (secondary N) is 1. The fourth-order valence-corrected chi connectivity index (χ4v) is 7.63. The predicted molar refractivity (Wildman–Crippen MR) is 118 cm³/mol. The highest BCUT2D eigenvalue weighted by atomic mass is 32.2. The van der Waals surface area contributed by atoms with E-state index < -0.39 is 10.0 Å². The van der Waals surface area contributed by atoms with E-state index in [1.165, 1.54) is 26.4 Å². The number of nitrogens with zero attached hydrogens (tertiary/aromatic N) is 1. The van der Waals surface area contributed by atoms with Gasteiger partial charge in [0.05, 0.1) is 12.8 Å². The lowest BCUT2D eigenvalue weighted by Gasteiger charge is -2.30. The molecule has 0 aliphatic heterocycles. The second kappa shape index (κ2) is 8.59. The first-order valence-electron chi connectivity index (χ1n) is 10.4. The Labute approximate surface area is 182 Å². The van der Waals surface area contributed by atoms with Gasteiger partial charge in [-0.25, -0.2) is 8.42 Å². The van der Waals surface area contributed by atoms with Crippen LogP contribution in [0.1, 0.15) is 32.6 Å². The highest BCUT2D eigenvalue weighted by Gasteiger charge is 2.42. The minimum atomic E-state index is -3.89. The lowest BCUT2D eigenvalue weighted by atomic mass is 9.84. The van der Waals surface area contributed by atoms with Gasteiger partial charge < -0.3 is 10.1 Å². The number of sulfonamides is 1. The number of hydrogen-bond donors (Lipinski definition) is 1. The topological polar surface area (TPSA) is 75.7 Å². The molecule has 30 heavy (non-hydrogen) atoms. The summed E-state index contributed by atoms with van der Waals surface area (Å²) in [6.45, 7) is 1.76. The summed E-state index contributed by atoms with van der Waals surface area (Å²) in [5.74, 6) is 2.08. The molecular formula is C22H28N2O4S2. The fourth-order valence-electron chi connectivity index (χ4n) is 5.10. The Bertz CT molecular complexity index is 990.